The van der Waals surface area contributed by atoms with Gasteiger partial charge in [0.25, 0.3) is 0 Å². The molecule has 1 saturated heterocycles. The van der Waals surface area contributed by atoms with Crippen molar-refractivity contribution in [2.24, 2.45) is 29.6 Å². The number of rotatable bonds is 5. The lowest BCUT2D eigenvalue weighted by atomic mass is 9.57. The lowest BCUT2D eigenvalue weighted by molar-refractivity contribution is -0.144. The molecule has 1 amide bonds. The number of cyclic esters (lactones) is 1. The average Bonchev–Trinajstić information content (AvgIpc) is 3.14. The van der Waals surface area contributed by atoms with Gasteiger partial charge >= 0.3 is 5.97 Å². The fourth-order valence-electron chi connectivity index (χ4n) is 6.63. The minimum Gasteiger partial charge on any atom is -0.462 e. The fourth-order valence-corrected chi connectivity index (χ4v) is 6.63. The number of esters is 1. The number of hydrogen-bond donors (Lipinski definition) is 1. The maximum Gasteiger partial charge on any atom is 0.309 e. The molecule has 5 rings (SSSR count). The van der Waals surface area contributed by atoms with Crippen LogP contribution in [0.15, 0.2) is 48.7 Å². The van der Waals surface area contributed by atoms with Crippen molar-refractivity contribution in [1.82, 2.24) is 10.3 Å². The van der Waals surface area contributed by atoms with Crippen molar-refractivity contribution in [3.05, 3.63) is 60.2 Å². The molecule has 7 atom stereocenters. The molecule has 3 fully saturated rings. The van der Waals surface area contributed by atoms with Crippen LogP contribution in [0.25, 0.3) is 17.2 Å². The van der Waals surface area contributed by atoms with Gasteiger partial charge in [-0.25, -0.2) is 4.39 Å². The highest BCUT2D eigenvalue weighted by Gasteiger charge is 2.54. The molecule has 1 aromatic heterocycles. The summed E-state index contributed by atoms with van der Waals surface area (Å²) in [7, 11) is 0. The molecule has 36 heavy (non-hydrogen) atoms. The molecule has 0 unspecified atom stereocenters. The first kappa shape index (κ1) is 26.3. The van der Waals surface area contributed by atoms with E-state index in [4.69, 9.17) is 4.74 Å². The monoisotopic (exact) mass is 512 g/mol. The van der Waals surface area contributed by atoms with E-state index in [2.05, 4.69) is 22.5 Å². The van der Waals surface area contributed by atoms with Gasteiger partial charge in [-0.3, -0.25) is 14.6 Å². The first-order chi connectivity index (χ1) is 16.9. The molecule has 0 radical (unpaired) electrons. The number of nitrogens with one attached hydrogen (secondary N) is 1. The number of benzene rings is 1. The number of allylic oxidation sites excluding steroid dienone is 1. The first-order valence-corrected chi connectivity index (χ1v) is 12.8. The van der Waals surface area contributed by atoms with Crippen molar-refractivity contribution in [3.8, 4) is 11.1 Å². The summed E-state index contributed by atoms with van der Waals surface area (Å²) in [5, 5.41) is 3.17. The van der Waals surface area contributed by atoms with Gasteiger partial charge in [0, 0.05) is 30.1 Å². The van der Waals surface area contributed by atoms with E-state index in [1.165, 1.54) is 12.1 Å². The predicted molar refractivity (Wildman–Crippen MR) is 140 cm³/mol. The highest BCUT2D eigenvalue weighted by molar-refractivity contribution is 5.85. The zero-order valence-corrected chi connectivity index (χ0v) is 21.5. The van der Waals surface area contributed by atoms with Crippen molar-refractivity contribution in [3.63, 3.8) is 0 Å². The quantitative estimate of drug-likeness (QED) is 0.512. The van der Waals surface area contributed by atoms with Gasteiger partial charge in [-0.1, -0.05) is 31.2 Å². The molecule has 2 heterocycles. The summed E-state index contributed by atoms with van der Waals surface area (Å²) < 4.78 is 19.3. The van der Waals surface area contributed by atoms with Gasteiger partial charge in [0.15, 0.2) is 0 Å². The number of halogens is 2. The van der Waals surface area contributed by atoms with E-state index in [0.717, 1.165) is 42.5 Å². The number of amides is 1. The Bertz CT molecular complexity index is 1120. The normalized spacial score (nSPS) is 31.2. The molecule has 5 nitrogen and oxygen atoms in total. The largest absolute Gasteiger partial charge is 0.462 e. The van der Waals surface area contributed by atoms with E-state index in [-0.39, 0.29) is 60.0 Å². The van der Waals surface area contributed by atoms with E-state index < -0.39 is 0 Å². The minimum atomic E-state index is -0.265. The van der Waals surface area contributed by atoms with Gasteiger partial charge in [-0.15, -0.1) is 12.4 Å². The summed E-state index contributed by atoms with van der Waals surface area (Å²) in [6.45, 7) is 3.89. The number of hydrogen-bond acceptors (Lipinski definition) is 4. The molecule has 3 aliphatic rings. The van der Waals surface area contributed by atoms with Crippen molar-refractivity contribution in [2.75, 3.05) is 0 Å². The highest BCUT2D eigenvalue weighted by atomic mass is 35.5. The van der Waals surface area contributed by atoms with E-state index in [1.807, 2.05) is 32.0 Å². The molecule has 1 aliphatic heterocycles. The summed E-state index contributed by atoms with van der Waals surface area (Å²) in [6, 6.07) is 10.6. The summed E-state index contributed by atoms with van der Waals surface area (Å²) in [5.74, 6) is 0.941. The van der Waals surface area contributed by atoms with Crippen LogP contribution < -0.4 is 5.32 Å². The Balaban J connectivity index is 0.00000304. The van der Waals surface area contributed by atoms with Crippen LogP contribution in [0.4, 0.5) is 4.39 Å². The van der Waals surface area contributed by atoms with Crippen LogP contribution in [-0.2, 0) is 14.3 Å². The summed E-state index contributed by atoms with van der Waals surface area (Å²) >= 11 is 0. The third-order valence-electron chi connectivity index (χ3n) is 8.27. The summed E-state index contributed by atoms with van der Waals surface area (Å²) in [6.07, 6.45) is 10.2. The topological polar surface area (TPSA) is 68.3 Å². The van der Waals surface area contributed by atoms with Crippen LogP contribution in [0.3, 0.4) is 0 Å². The molecule has 0 bridgehead atoms. The Labute approximate surface area is 218 Å². The molecule has 192 valence electrons. The number of nitrogens with zero attached hydrogens (tertiary/aromatic N) is 1. The number of aromatic nitrogens is 1. The zero-order valence-electron chi connectivity index (χ0n) is 20.7. The van der Waals surface area contributed by atoms with Crippen molar-refractivity contribution in [1.29, 1.82) is 0 Å². The van der Waals surface area contributed by atoms with Crippen molar-refractivity contribution < 1.29 is 18.7 Å². The first-order valence-electron chi connectivity index (χ1n) is 12.8. The molecular formula is C29H34ClFN2O3. The van der Waals surface area contributed by atoms with Crippen LogP contribution in [0, 0.1) is 35.4 Å². The Morgan fingerprint density at radius 3 is 2.75 bits per heavy atom. The number of ether oxygens (including phenoxy) is 1. The second-order valence-electron chi connectivity index (χ2n) is 10.3. The van der Waals surface area contributed by atoms with Gasteiger partial charge in [0.05, 0.1) is 11.6 Å². The van der Waals surface area contributed by atoms with E-state index >= 15 is 0 Å². The van der Waals surface area contributed by atoms with E-state index in [0.29, 0.717) is 18.3 Å². The van der Waals surface area contributed by atoms with Gasteiger partial charge < -0.3 is 10.1 Å². The molecule has 0 spiro atoms. The molecule has 1 aromatic carbocycles. The molecule has 2 aromatic rings. The van der Waals surface area contributed by atoms with Crippen LogP contribution in [-0.4, -0.2) is 29.0 Å². The predicted octanol–water partition coefficient (Wildman–Crippen LogP) is 5.83. The maximum absolute atomic E-state index is 13.6. The fraction of sp³-hybridized carbons (Fsp3) is 0.483. The van der Waals surface area contributed by atoms with E-state index in [9.17, 15) is 14.0 Å². The lowest BCUT2D eigenvalue weighted by Crippen LogP contribution is -2.48. The molecule has 2 saturated carbocycles. The standard InChI is InChI=1S/C29H33FN2O3.ClH/c1-3-27(33)32-23-10-11-24-20(14-23)15-26-28(17(2)35-29(26)34)25(24)12-9-22-8-7-19(16-31-22)18-5-4-6-21(30)13-18;/h4-9,12-13,16-17,20,23-26,28H,3,10-11,14-15H2,1-2H3,(H,32,33);1H/b12-9+;/t17-,20+,23-,24-,25+,26-,28+;/m1./s1. The van der Waals surface area contributed by atoms with Crippen molar-refractivity contribution in [2.45, 2.75) is 58.1 Å². The van der Waals surface area contributed by atoms with Gasteiger partial charge in [-0.05, 0) is 80.2 Å². The number of fused-ring (bicyclic) bond motifs is 2. The number of carbonyl (C=O) groups excluding carboxylic acids is 2. The van der Waals surface area contributed by atoms with Gasteiger partial charge in [0.1, 0.15) is 11.9 Å². The molecule has 1 N–H and O–H groups in total. The average molecular weight is 513 g/mol. The second-order valence-corrected chi connectivity index (χ2v) is 10.3. The van der Waals surface area contributed by atoms with Crippen LogP contribution >= 0.6 is 12.4 Å². The second kappa shape index (κ2) is 11.1. The Morgan fingerprint density at radius 1 is 1.19 bits per heavy atom. The van der Waals surface area contributed by atoms with E-state index in [1.54, 1.807) is 12.3 Å². The van der Waals surface area contributed by atoms with Crippen LogP contribution in [0.2, 0.25) is 0 Å². The summed E-state index contributed by atoms with van der Waals surface area (Å²) in [5.41, 5.74) is 2.51. The van der Waals surface area contributed by atoms with Gasteiger partial charge in [-0.2, -0.15) is 0 Å². The Morgan fingerprint density at radius 2 is 2.03 bits per heavy atom. The molecule has 7 heteroatoms. The summed E-state index contributed by atoms with van der Waals surface area (Å²) in [4.78, 5) is 29.2. The third kappa shape index (κ3) is 5.34. The van der Waals surface area contributed by atoms with Gasteiger partial charge in [0.2, 0.25) is 5.91 Å². The Hall–Kier alpha value is -2.73. The zero-order chi connectivity index (χ0) is 24.5. The van der Waals surface area contributed by atoms with Crippen molar-refractivity contribution >= 4 is 30.4 Å². The van der Waals surface area contributed by atoms with Crippen LogP contribution in [0.1, 0.15) is 51.6 Å². The SMILES string of the molecule is CCC(=O)N[C@@H]1CC[C@@H]2[C@@H](C1)C[C@H]1C(=O)O[C@H](C)[C@H]1[C@H]2/C=C/c1ccc(-c2cccc(F)c2)cn1.Cl. The third-order valence-corrected chi connectivity index (χ3v) is 8.27. The van der Waals surface area contributed by atoms with Crippen LogP contribution in [0.5, 0.6) is 0 Å². The molecular weight excluding hydrogens is 479 g/mol. The highest BCUT2D eigenvalue weighted by Crippen LogP contribution is 2.53. The minimum absolute atomic E-state index is 0. The lowest BCUT2D eigenvalue weighted by Gasteiger charge is -2.47. The molecule has 2 aliphatic carbocycles. The number of pyridine rings is 1. The smallest absolute Gasteiger partial charge is 0.309 e. The maximum atomic E-state index is 13.6. The Kier molecular flexibility index (Phi) is 8.13. The number of carbonyl (C=O) groups is 2.